The summed E-state index contributed by atoms with van der Waals surface area (Å²) >= 11 is 0. The first kappa shape index (κ1) is 15.1. The third kappa shape index (κ3) is 3.29. The molecule has 0 amide bonds. The van der Waals surface area contributed by atoms with Crippen molar-refractivity contribution in [3.05, 3.63) is 30.1 Å². The third-order valence-corrected chi connectivity index (χ3v) is 2.85. The van der Waals surface area contributed by atoms with Crippen LogP contribution in [0, 0.1) is 5.92 Å². The molecule has 1 aromatic heterocycles. The molecule has 2 N–H and O–H groups in total. The lowest BCUT2D eigenvalue weighted by Gasteiger charge is -2.27. The lowest BCUT2D eigenvalue weighted by molar-refractivity contribution is -0.166. The van der Waals surface area contributed by atoms with E-state index in [4.69, 9.17) is 10.5 Å². The summed E-state index contributed by atoms with van der Waals surface area (Å²) in [6.07, 6.45) is 1.58. The van der Waals surface area contributed by atoms with E-state index in [-0.39, 0.29) is 6.61 Å². The van der Waals surface area contributed by atoms with Crippen molar-refractivity contribution in [1.29, 1.82) is 0 Å². The molecule has 1 aromatic rings. The van der Waals surface area contributed by atoms with Gasteiger partial charge in [0.05, 0.1) is 12.8 Å². The fraction of sp³-hybridized carbons (Fsp3) is 0.462. The molecule has 6 nitrogen and oxygen atoms in total. The molecule has 1 rings (SSSR count). The monoisotopic (exact) mass is 266 g/mol. The molecule has 1 atom stereocenters. The van der Waals surface area contributed by atoms with Gasteiger partial charge in [-0.15, -0.1) is 0 Å². The third-order valence-electron chi connectivity index (χ3n) is 2.85. The molecule has 0 radical (unpaired) electrons. The molecular formula is C13H18N2O4. The van der Waals surface area contributed by atoms with E-state index in [1.54, 1.807) is 38.2 Å². The van der Waals surface area contributed by atoms with Gasteiger partial charge in [-0.2, -0.15) is 0 Å². The quantitative estimate of drug-likeness (QED) is 0.621. The van der Waals surface area contributed by atoms with Crippen molar-refractivity contribution >= 4 is 11.9 Å². The maximum Gasteiger partial charge on any atom is 0.338 e. The van der Waals surface area contributed by atoms with Crippen molar-refractivity contribution in [2.24, 2.45) is 11.7 Å². The van der Waals surface area contributed by atoms with Crippen molar-refractivity contribution < 1.29 is 19.1 Å². The first-order valence-electron chi connectivity index (χ1n) is 5.87. The number of nitrogens with two attached hydrogens (primary N) is 1. The van der Waals surface area contributed by atoms with Crippen molar-refractivity contribution in [1.82, 2.24) is 4.98 Å². The van der Waals surface area contributed by atoms with Crippen LogP contribution in [-0.4, -0.2) is 29.6 Å². The van der Waals surface area contributed by atoms with Crippen LogP contribution in [0.25, 0.3) is 0 Å². The zero-order valence-electron chi connectivity index (χ0n) is 11.3. The van der Waals surface area contributed by atoms with Gasteiger partial charge in [-0.05, 0) is 18.1 Å². The average molecular weight is 266 g/mol. The van der Waals surface area contributed by atoms with Crippen molar-refractivity contribution in [2.75, 3.05) is 7.11 Å². The summed E-state index contributed by atoms with van der Waals surface area (Å²) in [6, 6.07) is 5.23. The van der Waals surface area contributed by atoms with Crippen LogP contribution < -0.4 is 5.73 Å². The predicted molar refractivity (Wildman–Crippen MR) is 67.8 cm³/mol. The summed E-state index contributed by atoms with van der Waals surface area (Å²) < 4.78 is 9.62. The Balaban J connectivity index is 2.77. The van der Waals surface area contributed by atoms with Crippen LogP contribution in [0.2, 0.25) is 0 Å². The zero-order valence-corrected chi connectivity index (χ0v) is 11.3. The summed E-state index contributed by atoms with van der Waals surface area (Å²) in [5.74, 6) is -2.08. The van der Waals surface area contributed by atoms with Gasteiger partial charge in [0.2, 0.25) is 5.54 Å². The Morgan fingerprint density at radius 3 is 2.53 bits per heavy atom. The molecule has 0 saturated heterocycles. The summed E-state index contributed by atoms with van der Waals surface area (Å²) in [4.78, 5) is 27.7. The number of carbonyl (C=O) groups is 2. The van der Waals surface area contributed by atoms with Gasteiger partial charge in [0.25, 0.3) is 0 Å². The molecule has 0 unspecified atom stereocenters. The number of hydrogen-bond acceptors (Lipinski definition) is 6. The summed E-state index contributed by atoms with van der Waals surface area (Å²) in [5, 5.41) is 0. The van der Waals surface area contributed by atoms with Crippen molar-refractivity contribution in [3.8, 4) is 0 Å². The summed E-state index contributed by atoms with van der Waals surface area (Å²) in [5.41, 5.74) is 4.61. The maximum absolute atomic E-state index is 12.0. The van der Waals surface area contributed by atoms with Gasteiger partial charge < -0.3 is 15.2 Å². The smallest absolute Gasteiger partial charge is 0.338 e. The molecule has 0 aliphatic rings. The number of rotatable bonds is 5. The van der Waals surface area contributed by atoms with E-state index in [0.717, 1.165) is 0 Å². The molecule has 6 heteroatoms. The van der Waals surface area contributed by atoms with Gasteiger partial charge in [-0.1, -0.05) is 19.9 Å². The van der Waals surface area contributed by atoms with Gasteiger partial charge in [-0.25, -0.2) is 9.59 Å². The van der Waals surface area contributed by atoms with Crippen LogP contribution in [0.1, 0.15) is 19.5 Å². The summed E-state index contributed by atoms with van der Waals surface area (Å²) in [6.45, 7) is 3.26. The predicted octanol–water partition coefficient (Wildman–Crippen LogP) is 0.651. The standard InChI is InChI=1S/C13H18N2O4/c1-9(2)13(14,11(16)18-3)12(17)19-8-10-6-4-5-7-15-10/h4-7,9H,8,14H2,1-3H3/t13-/m0/s1. The maximum atomic E-state index is 12.0. The van der Waals surface area contributed by atoms with E-state index in [1.807, 2.05) is 0 Å². The highest BCUT2D eigenvalue weighted by atomic mass is 16.6. The molecule has 104 valence electrons. The van der Waals surface area contributed by atoms with Crippen molar-refractivity contribution in [3.63, 3.8) is 0 Å². The molecular weight excluding hydrogens is 248 g/mol. The molecule has 0 saturated carbocycles. The van der Waals surface area contributed by atoms with Gasteiger partial charge in [0.1, 0.15) is 6.61 Å². The second-order valence-corrected chi connectivity index (χ2v) is 4.41. The summed E-state index contributed by atoms with van der Waals surface area (Å²) in [7, 11) is 1.18. The van der Waals surface area contributed by atoms with E-state index in [2.05, 4.69) is 9.72 Å². The Morgan fingerprint density at radius 1 is 1.37 bits per heavy atom. The Morgan fingerprint density at radius 2 is 2.05 bits per heavy atom. The molecule has 0 aliphatic heterocycles. The normalized spacial score (nSPS) is 13.7. The second-order valence-electron chi connectivity index (χ2n) is 4.41. The number of esters is 2. The first-order chi connectivity index (χ1) is 8.92. The van der Waals surface area contributed by atoms with Crippen LogP contribution in [0.5, 0.6) is 0 Å². The van der Waals surface area contributed by atoms with Crippen LogP contribution in [0.15, 0.2) is 24.4 Å². The van der Waals surface area contributed by atoms with Crippen LogP contribution in [0.3, 0.4) is 0 Å². The average Bonchev–Trinajstić information content (AvgIpc) is 2.43. The van der Waals surface area contributed by atoms with E-state index < -0.39 is 23.4 Å². The minimum Gasteiger partial charge on any atom is -0.467 e. The van der Waals surface area contributed by atoms with E-state index >= 15 is 0 Å². The largest absolute Gasteiger partial charge is 0.467 e. The number of hydrogen-bond donors (Lipinski definition) is 1. The fourth-order valence-corrected chi connectivity index (χ4v) is 1.47. The number of pyridine rings is 1. The van der Waals surface area contributed by atoms with Crippen LogP contribution >= 0.6 is 0 Å². The van der Waals surface area contributed by atoms with Gasteiger partial charge in [0, 0.05) is 6.20 Å². The highest BCUT2D eigenvalue weighted by Crippen LogP contribution is 2.18. The number of nitrogens with zero attached hydrogens (tertiary/aromatic N) is 1. The minimum atomic E-state index is -1.80. The van der Waals surface area contributed by atoms with E-state index in [0.29, 0.717) is 5.69 Å². The van der Waals surface area contributed by atoms with Gasteiger partial charge in [-0.3, -0.25) is 4.98 Å². The molecule has 0 spiro atoms. The lowest BCUT2D eigenvalue weighted by atomic mass is 9.87. The van der Waals surface area contributed by atoms with Crippen LogP contribution in [-0.2, 0) is 25.7 Å². The van der Waals surface area contributed by atoms with E-state index in [9.17, 15) is 9.59 Å². The van der Waals surface area contributed by atoms with Crippen LogP contribution in [0.4, 0.5) is 0 Å². The number of aromatic nitrogens is 1. The van der Waals surface area contributed by atoms with Gasteiger partial charge >= 0.3 is 11.9 Å². The number of carbonyl (C=O) groups excluding carboxylic acids is 2. The van der Waals surface area contributed by atoms with Crippen molar-refractivity contribution in [2.45, 2.75) is 26.0 Å². The first-order valence-corrected chi connectivity index (χ1v) is 5.87. The Hall–Kier alpha value is -1.95. The Labute approximate surface area is 111 Å². The molecule has 19 heavy (non-hydrogen) atoms. The Bertz CT molecular complexity index is 447. The SMILES string of the molecule is COC(=O)[C@](N)(C(=O)OCc1ccccn1)C(C)C. The second kappa shape index (κ2) is 6.29. The molecule has 0 bridgehead atoms. The number of ether oxygens (including phenoxy) is 2. The fourth-order valence-electron chi connectivity index (χ4n) is 1.47. The van der Waals surface area contributed by atoms with E-state index in [1.165, 1.54) is 7.11 Å². The highest BCUT2D eigenvalue weighted by Gasteiger charge is 2.48. The topological polar surface area (TPSA) is 91.5 Å². The van der Waals surface area contributed by atoms with Gasteiger partial charge in [0.15, 0.2) is 0 Å². The Kier molecular flexibility index (Phi) is 5.00. The zero-order chi connectivity index (χ0) is 14.5. The molecule has 0 aromatic carbocycles. The molecule has 1 heterocycles. The minimum absolute atomic E-state index is 0.0393. The number of methoxy groups -OCH3 is 1. The molecule has 0 aliphatic carbocycles. The lowest BCUT2D eigenvalue weighted by Crippen LogP contribution is -2.60. The molecule has 0 fully saturated rings. The highest BCUT2D eigenvalue weighted by molar-refractivity contribution is 6.04.